The van der Waals surface area contributed by atoms with Crippen molar-refractivity contribution < 1.29 is 28.2 Å². The number of nitrogens with one attached hydrogen (secondary N) is 1. The lowest BCUT2D eigenvalue weighted by Crippen LogP contribution is -2.31. The summed E-state index contributed by atoms with van der Waals surface area (Å²) in [7, 11) is 1.49. The average molecular weight is 390 g/mol. The summed E-state index contributed by atoms with van der Waals surface area (Å²) in [6, 6.07) is 6.13. The van der Waals surface area contributed by atoms with E-state index in [0.717, 1.165) is 0 Å². The van der Waals surface area contributed by atoms with E-state index in [1.807, 2.05) is 0 Å². The van der Waals surface area contributed by atoms with E-state index in [1.54, 1.807) is 39.0 Å². The van der Waals surface area contributed by atoms with Crippen LogP contribution in [0.3, 0.4) is 0 Å². The number of halogens is 1. The molecule has 0 saturated carbocycles. The lowest BCUT2D eigenvalue weighted by molar-refractivity contribution is -0.133. The van der Waals surface area contributed by atoms with Gasteiger partial charge in [-0.05, 0) is 32.4 Å². The maximum atomic E-state index is 13.7. The number of nitrogens with zero attached hydrogens (tertiary/aromatic N) is 1. The fourth-order valence-electron chi connectivity index (χ4n) is 2.74. The number of ether oxygens (including phenoxy) is 2. The second kappa shape index (κ2) is 9.16. The Hall–Kier alpha value is -3.16. The number of carbonyl (C=O) groups excluding carboxylic acids is 3. The smallest absolute Gasteiger partial charge is 0.355 e. The topological polar surface area (TPSA) is 88.7 Å². The monoisotopic (exact) mass is 390 g/mol. The van der Waals surface area contributed by atoms with Crippen molar-refractivity contribution >= 4 is 17.8 Å². The van der Waals surface area contributed by atoms with Gasteiger partial charge in [0.15, 0.2) is 6.61 Å². The third kappa shape index (κ3) is 4.76. The molecule has 0 saturated heterocycles. The number of hydrogen-bond acceptors (Lipinski definition) is 5. The molecule has 0 aliphatic heterocycles. The summed E-state index contributed by atoms with van der Waals surface area (Å²) in [6.07, 6.45) is 0. The molecule has 2 aromatic rings. The highest BCUT2D eigenvalue weighted by atomic mass is 19.1. The molecular formula is C20H23FN2O5. The van der Waals surface area contributed by atoms with Gasteiger partial charge in [0, 0.05) is 24.8 Å². The zero-order chi connectivity index (χ0) is 20.8. The zero-order valence-electron chi connectivity index (χ0n) is 16.3. The molecule has 150 valence electrons. The molecule has 0 aliphatic carbocycles. The van der Waals surface area contributed by atoms with E-state index < -0.39 is 30.3 Å². The summed E-state index contributed by atoms with van der Waals surface area (Å²) in [5.41, 5.74) is 1.60. The van der Waals surface area contributed by atoms with Crippen LogP contribution >= 0.6 is 0 Å². The molecule has 1 N–H and O–H groups in total. The minimum Gasteiger partial charge on any atom is -0.462 e. The molecule has 0 fully saturated rings. The van der Waals surface area contributed by atoms with Crippen molar-refractivity contribution in [2.45, 2.75) is 27.3 Å². The number of aromatic amines is 1. The molecule has 7 nitrogen and oxygen atoms in total. The maximum Gasteiger partial charge on any atom is 0.355 e. The molecular weight excluding hydrogens is 367 g/mol. The molecule has 0 radical (unpaired) electrons. The highest BCUT2D eigenvalue weighted by Gasteiger charge is 2.24. The molecule has 0 unspecified atom stereocenters. The van der Waals surface area contributed by atoms with Crippen LogP contribution in [-0.4, -0.2) is 48.0 Å². The minimum atomic E-state index is -0.760. The molecule has 0 spiro atoms. The average Bonchev–Trinajstić information content (AvgIpc) is 2.95. The van der Waals surface area contributed by atoms with Gasteiger partial charge in [-0.3, -0.25) is 4.79 Å². The molecule has 2 rings (SSSR count). The molecule has 8 heteroatoms. The first-order valence-electron chi connectivity index (χ1n) is 8.77. The number of benzene rings is 1. The van der Waals surface area contributed by atoms with Crippen LogP contribution in [0.15, 0.2) is 24.3 Å². The fourth-order valence-corrected chi connectivity index (χ4v) is 2.74. The van der Waals surface area contributed by atoms with Crippen LogP contribution in [0.1, 0.15) is 44.6 Å². The molecule has 28 heavy (non-hydrogen) atoms. The summed E-state index contributed by atoms with van der Waals surface area (Å²) >= 11 is 0. The van der Waals surface area contributed by atoms with Gasteiger partial charge in [0.05, 0.1) is 12.2 Å². The van der Waals surface area contributed by atoms with Gasteiger partial charge in [-0.25, -0.2) is 14.0 Å². The third-order valence-electron chi connectivity index (χ3n) is 4.24. The summed E-state index contributed by atoms with van der Waals surface area (Å²) in [4.78, 5) is 40.6. The summed E-state index contributed by atoms with van der Waals surface area (Å²) in [6.45, 7) is 4.69. The summed E-state index contributed by atoms with van der Waals surface area (Å²) < 4.78 is 23.7. The second-order valence-electron chi connectivity index (χ2n) is 6.26. The zero-order valence-corrected chi connectivity index (χ0v) is 16.3. The largest absolute Gasteiger partial charge is 0.462 e. The SMILES string of the molecule is CCOC(=O)c1c(C)[nH]c(C(=O)OCC(=O)N(C)Cc2ccccc2F)c1C. The van der Waals surface area contributed by atoms with Crippen LogP contribution in [-0.2, 0) is 20.8 Å². The predicted octanol–water partition coefficient (Wildman–Crippen LogP) is 2.76. The van der Waals surface area contributed by atoms with E-state index in [2.05, 4.69) is 4.98 Å². The van der Waals surface area contributed by atoms with Crippen molar-refractivity contribution in [3.63, 3.8) is 0 Å². The number of esters is 2. The molecule has 1 aromatic heterocycles. The Labute approximate surface area is 162 Å². The van der Waals surface area contributed by atoms with Crippen molar-refractivity contribution in [3.8, 4) is 0 Å². The molecule has 0 atom stereocenters. The van der Waals surface area contributed by atoms with Crippen molar-refractivity contribution in [1.29, 1.82) is 0 Å². The van der Waals surface area contributed by atoms with Crippen LogP contribution in [0.25, 0.3) is 0 Å². The van der Waals surface area contributed by atoms with Gasteiger partial charge < -0.3 is 19.4 Å². The van der Waals surface area contributed by atoms with Gasteiger partial charge in [0.2, 0.25) is 0 Å². The normalized spacial score (nSPS) is 10.5. The highest BCUT2D eigenvalue weighted by Crippen LogP contribution is 2.20. The number of aromatic nitrogens is 1. The van der Waals surface area contributed by atoms with Crippen LogP contribution in [0.4, 0.5) is 4.39 Å². The number of rotatable bonds is 7. The molecule has 0 aliphatic rings. The van der Waals surface area contributed by atoms with Crippen LogP contribution in [0, 0.1) is 19.7 Å². The number of hydrogen-bond donors (Lipinski definition) is 1. The Balaban J connectivity index is 2.00. The molecule has 0 bridgehead atoms. The standard InChI is InChI=1S/C20H23FN2O5/c1-5-27-19(25)17-12(2)18(22-13(17)3)20(26)28-11-16(24)23(4)10-14-8-6-7-9-15(14)21/h6-9,22H,5,10-11H2,1-4H3. The fraction of sp³-hybridized carbons (Fsp3) is 0.350. The van der Waals surface area contributed by atoms with Crippen molar-refractivity contribution in [2.75, 3.05) is 20.3 Å². The van der Waals surface area contributed by atoms with Crippen molar-refractivity contribution in [1.82, 2.24) is 9.88 Å². The molecule has 1 amide bonds. The molecule has 1 heterocycles. The van der Waals surface area contributed by atoms with Gasteiger partial charge in [-0.2, -0.15) is 0 Å². The minimum absolute atomic E-state index is 0.0523. The maximum absolute atomic E-state index is 13.7. The highest BCUT2D eigenvalue weighted by molar-refractivity contribution is 5.99. The van der Waals surface area contributed by atoms with E-state index >= 15 is 0 Å². The quantitative estimate of drug-likeness (QED) is 0.735. The Morgan fingerprint density at radius 3 is 2.43 bits per heavy atom. The van der Waals surface area contributed by atoms with Crippen LogP contribution in [0.5, 0.6) is 0 Å². The van der Waals surface area contributed by atoms with E-state index in [4.69, 9.17) is 9.47 Å². The third-order valence-corrected chi connectivity index (χ3v) is 4.24. The van der Waals surface area contributed by atoms with E-state index in [0.29, 0.717) is 16.8 Å². The van der Waals surface area contributed by atoms with Gasteiger partial charge >= 0.3 is 11.9 Å². The first kappa shape index (κ1) is 21.1. The number of carbonyl (C=O) groups is 3. The summed E-state index contributed by atoms with van der Waals surface area (Å²) in [5, 5.41) is 0. The van der Waals surface area contributed by atoms with Crippen molar-refractivity contribution in [3.05, 3.63) is 58.2 Å². The number of H-pyrrole nitrogens is 1. The Bertz CT molecular complexity index is 891. The first-order chi connectivity index (χ1) is 13.3. The molecule has 1 aromatic carbocycles. The second-order valence-corrected chi connectivity index (χ2v) is 6.26. The first-order valence-corrected chi connectivity index (χ1v) is 8.77. The summed E-state index contributed by atoms with van der Waals surface area (Å²) in [5.74, 6) is -2.19. The predicted molar refractivity (Wildman–Crippen MR) is 99.4 cm³/mol. The Kier molecular flexibility index (Phi) is 6.92. The van der Waals surface area contributed by atoms with Gasteiger partial charge in [0.1, 0.15) is 11.5 Å². The van der Waals surface area contributed by atoms with E-state index in [1.165, 1.54) is 18.0 Å². The van der Waals surface area contributed by atoms with Gasteiger partial charge in [-0.1, -0.05) is 18.2 Å². The van der Waals surface area contributed by atoms with E-state index in [9.17, 15) is 18.8 Å². The number of aryl methyl sites for hydroxylation is 1. The van der Waals surface area contributed by atoms with Crippen molar-refractivity contribution in [2.24, 2.45) is 0 Å². The lowest BCUT2D eigenvalue weighted by Gasteiger charge is -2.17. The van der Waals surface area contributed by atoms with Crippen LogP contribution in [0.2, 0.25) is 0 Å². The lowest BCUT2D eigenvalue weighted by atomic mass is 10.1. The van der Waals surface area contributed by atoms with Crippen LogP contribution < -0.4 is 0 Å². The Morgan fingerprint density at radius 1 is 1.11 bits per heavy atom. The number of amides is 1. The van der Waals surface area contributed by atoms with E-state index in [-0.39, 0.29) is 24.4 Å². The Morgan fingerprint density at radius 2 is 1.79 bits per heavy atom. The number of likely N-dealkylation sites (N-methyl/N-ethyl adjacent to an activating group) is 1. The van der Waals surface area contributed by atoms with Gasteiger partial charge in [0.25, 0.3) is 5.91 Å². The van der Waals surface area contributed by atoms with Gasteiger partial charge in [-0.15, -0.1) is 0 Å².